The van der Waals surface area contributed by atoms with Gasteiger partial charge in [0.1, 0.15) is 11.6 Å². The molecule has 4 nitrogen and oxygen atoms in total. The van der Waals surface area contributed by atoms with Gasteiger partial charge in [0.25, 0.3) is 0 Å². The molecule has 0 unspecified atom stereocenters. The van der Waals surface area contributed by atoms with E-state index in [0.29, 0.717) is 16.6 Å². The van der Waals surface area contributed by atoms with Crippen LogP contribution in [0.2, 0.25) is 0 Å². The normalized spacial score (nSPS) is 11.0. The molecule has 9 heteroatoms. The summed E-state index contributed by atoms with van der Waals surface area (Å²) in [4.78, 5) is 11.7. The van der Waals surface area contributed by atoms with E-state index in [1.807, 2.05) is 6.92 Å². The van der Waals surface area contributed by atoms with E-state index in [1.54, 1.807) is 24.3 Å². The van der Waals surface area contributed by atoms with Crippen molar-refractivity contribution in [2.75, 3.05) is 12.3 Å². The van der Waals surface area contributed by atoms with Crippen molar-refractivity contribution in [1.29, 1.82) is 0 Å². The molecule has 0 saturated carbocycles. The van der Waals surface area contributed by atoms with E-state index in [0.717, 1.165) is 21.9 Å². The number of halogens is 2. The molecule has 0 bridgehead atoms. The van der Waals surface area contributed by atoms with Crippen molar-refractivity contribution in [3.63, 3.8) is 0 Å². The van der Waals surface area contributed by atoms with Crippen molar-refractivity contribution in [1.82, 2.24) is 15.5 Å². The van der Waals surface area contributed by atoms with Crippen LogP contribution in [0.1, 0.15) is 29.7 Å². The first kappa shape index (κ1) is 21.7. The van der Waals surface area contributed by atoms with Gasteiger partial charge in [-0.05, 0) is 41.8 Å². The smallest absolute Gasteiger partial charge is 0.230 e. The Labute approximate surface area is 180 Å². The van der Waals surface area contributed by atoms with Gasteiger partial charge in [0.2, 0.25) is 5.91 Å². The van der Waals surface area contributed by atoms with Crippen molar-refractivity contribution < 1.29 is 13.6 Å². The zero-order chi connectivity index (χ0) is 20.6. The fourth-order valence-corrected chi connectivity index (χ4v) is 5.62. The number of nitrogens with zero attached hydrogens (tertiary/aromatic N) is 2. The first-order valence-corrected chi connectivity index (χ1v) is 11.6. The quantitative estimate of drug-likeness (QED) is 0.447. The Morgan fingerprint density at radius 1 is 1.00 bits per heavy atom. The Bertz CT molecular complexity index is 887. The molecule has 1 amide bonds. The van der Waals surface area contributed by atoms with Crippen LogP contribution in [-0.2, 0) is 4.79 Å². The summed E-state index contributed by atoms with van der Waals surface area (Å²) in [7, 11) is 0. The maximum atomic E-state index is 13.4. The van der Waals surface area contributed by atoms with E-state index in [2.05, 4.69) is 15.5 Å². The number of amides is 1. The average Bonchev–Trinajstić information content (AvgIpc) is 3.18. The number of hydrogen-bond donors (Lipinski definition) is 1. The lowest BCUT2D eigenvalue weighted by atomic mass is 10.0. The van der Waals surface area contributed by atoms with Gasteiger partial charge < -0.3 is 5.32 Å². The Kier molecular flexibility index (Phi) is 8.02. The van der Waals surface area contributed by atoms with Crippen LogP contribution >= 0.6 is 34.9 Å². The maximum absolute atomic E-state index is 13.4. The zero-order valence-electron chi connectivity index (χ0n) is 15.6. The highest BCUT2D eigenvalue weighted by molar-refractivity contribution is 8.03. The number of hydrogen-bond acceptors (Lipinski definition) is 6. The molecule has 2 aromatic carbocycles. The number of nitrogens with one attached hydrogen (secondary N) is 1. The summed E-state index contributed by atoms with van der Waals surface area (Å²) >= 11 is 4.20. The van der Waals surface area contributed by atoms with Gasteiger partial charge in [-0.2, -0.15) is 0 Å². The summed E-state index contributed by atoms with van der Waals surface area (Å²) < 4.78 is 28.1. The van der Waals surface area contributed by atoms with E-state index in [9.17, 15) is 13.6 Å². The lowest BCUT2D eigenvalue weighted by molar-refractivity contribution is -0.118. The molecule has 29 heavy (non-hydrogen) atoms. The van der Waals surface area contributed by atoms with E-state index < -0.39 is 0 Å². The molecule has 0 fully saturated rings. The standard InChI is InChI=1S/C20H19F2N3OS3/c1-2-11-23-17(26)12-27-19-24-25-20(29-19)28-18(13-3-7-15(21)8-4-13)14-5-9-16(22)10-6-14/h3-10,18H,2,11-12H2,1H3,(H,23,26). The SMILES string of the molecule is CCCNC(=O)CSc1nnc(SC(c2ccc(F)cc2)c2ccc(F)cc2)s1. The zero-order valence-corrected chi connectivity index (χ0v) is 18.1. The third-order valence-corrected chi connectivity index (χ3v) is 7.30. The Hall–Kier alpha value is -1.97. The molecule has 0 spiro atoms. The van der Waals surface area contributed by atoms with Crippen LogP contribution in [0.3, 0.4) is 0 Å². The molecule has 0 aliphatic rings. The largest absolute Gasteiger partial charge is 0.355 e. The molecule has 1 N–H and O–H groups in total. The molecule has 3 aromatic rings. The Balaban J connectivity index is 1.73. The first-order chi connectivity index (χ1) is 14.0. The summed E-state index contributed by atoms with van der Waals surface area (Å²) in [6.45, 7) is 2.66. The van der Waals surface area contributed by atoms with Crippen molar-refractivity contribution in [3.05, 3.63) is 71.3 Å². The Morgan fingerprint density at radius 2 is 1.55 bits per heavy atom. The highest BCUT2D eigenvalue weighted by Gasteiger charge is 2.19. The number of aromatic nitrogens is 2. The van der Waals surface area contributed by atoms with Gasteiger partial charge in [-0.15, -0.1) is 10.2 Å². The molecule has 0 radical (unpaired) electrons. The van der Waals surface area contributed by atoms with Gasteiger partial charge in [-0.3, -0.25) is 4.79 Å². The summed E-state index contributed by atoms with van der Waals surface area (Å²) in [6, 6.07) is 12.5. The number of thioether (sulfide) groups is 2. The minimum atomic E-state index is -0.312. The average molecular weight is 452 g/mol. The highest BCUT2D eigenvalue weighted by atomic mass is 32.2. The molecular formula is C20H19F2N3OS3. The maximum Gasteiger partial charge on any atom is 0.230 e. The second-order valence-electron chi connectivity index (χ2n) is 6.07. The van der Waals surface area contributed by atoms with Gasteiger partial charge in [0.05, 0.1) is 11.0 Å². The monoisotopic (exact) mass is 451 g/mol. The predicted octanol–water partition coefficient (Wildman–Crippen LogP) is 5.32. The fraction of sp³-hybridized carbons (Fsp3) is 0.250. The minimum absolute atomic E-state index is 0.0308. The number of rotatable bonds is 9. The minimum Gasteiger partial charge on any atom is -0.355 e. The molecule has 0 aliphatic carbocycles. The fourth-order valence-electron chi connectivity index (χ4n) is 2.45. The third-order valence-electron chi connectivity index (χ3n) is 3.85. The molecule has 0 atom stereocenters. The molecule has 1 heterocycles. The van der Waals surface area contributed by atoms with E-state index >= 15 is 0 Å². The highest BCUT2D eigenvalue weighted by Crippen LogP contribution is 2.42. The second-order valence-corrected chi connectivity index (χ2v) is 9.63. The van der Waals surface area contributed by atoms with Crippen LogP contribution in [0.5, 0.6) is 0 Å². The van der Waals surface area contributed by atoms with Crippen LogP contribution in [-0.4, -0.2) is 28.4 Å². The molecule has 0 aliphatic heterocycles. The van der Waals surface area contributed by atoms with Gasteiger partial charge in [-0.1, -0.05) is 66.0 Å². The molecule has 0 saturated heterocycles. The molecule has 152 valence electrons. The molecule has 3 rings (SSSR count). The second kappa shape index (κ2) is 10.7. The first-order valence-electron chi connectivity index (χ1n) is 8.95. The van der Waals surface area contributed by atoms with Gasteiger partial charge in [0, 0.05) is 6.54 Å². The van der Waals surface area contributed by atoms with Gasteiger partial charge in [-0.25, -0.2) is 8.78 Å². The lowest BCUT2D eigenvalue weighted by Crippen LogP contribution is -2.25. The van der Waals surface area contributed by atoms with E-state index in [-0.39, 0.29) is 22.8 Å². The number of benzene rings is 2. The van der Waals surface area contributed by atoms with Gasteiger partial charge in [0.15, 0.2) is 8.68 Å². The van der Waals surface area contributed by atoms with E-state index in [4.69, 9.17) is 0 Å². The Morgan fingerprint density at radius 3 is 2.10 bits per heavy atom. The third kappa shape index (κ3) is 6.52. The predicted molar refractivity (Wildman–Crippen MR) is 114 cm³/mol. The van der Waals surface area contributed by atoms with Crippen LogP contribution in [0.15, 0.2) is 57.2 Å². The van der Waals surface area contributed by atoms with E-state index in [1.165, 1.54) is 59.1 Å². The van der Waals surface area contributed by atoms with Crippen molar-refractivity contribution >= 4 is 40.8 Å². The van der Waals surface area contributed by atoms with Crippen molar-refractivity contribution in [2.45, 2.75) is 27.3 Å². The number of carbonyl (C=O) groups is 1. The van der Waals surface area contributed by atoms with Gasteiger partial charge >= 0.3 is 0 Å². The van der Waals surface area contributed by atoms with Crippen LogP contribution in [0, 0.1) is 11.6 Å². The lowest BCUT2D eigenvalue weighted by Gasteiger charge is -2.16. The summed E-state index contributed by atoms with van der Waals surface area (Å²) in [5, 5.41) is 11.0. The van der Waals surface area contributed by atoms with Crippen molar-refractivity contribution in [3.8, 4) is 0 Å². The summed E-state index contributed by atoms with van der Waals surface area (Å²) in [6.07, 6.45) is 0.893. The number of carbonyl (C=O) groups excluding carboxylic acids is 1. The summed E-state index contributed by atoms with van der Waals surface area (Å²) in [5.74, 6) is -0.365. The topological polar surface area (TPSA) is 54.9 Å². The van der Waals surface area contributed by atoms with Crippen LogP contribution < -0.4 is 5.32 Å². The molecular weight excluding hydrogens is 432 g/mol. The van der Waals surface area contributed by atoms with Crippen molar-refractivity contribution in [2.24, 2.45) is 0 Å². The summed E-state index contributed by atoms with van der Waals surface area (Å²) in [5.41, 5.74) is 1.76. The van der Waals surface area contributed by atoms with Crippen LogP contribution in [0.4, 0.5) is 8.78 Å². The molecule has 1 aromatic heterocycles. The van der Waals surface area contributed by atoms with Crippen LogP contribution in [0.25, 0.3) is 0 Å².